The van der Waals surface area contributed by atoms with Gasteiger partial charge in [0.25, 0.3) is 0 Å². The van der Waals surface area contributed by atoms with Gasteiger partial charge in [-0.3, -0.25) is 9.59 Å². The van der Waals surface area contributed by atoms with E-state index in [2.05, 4.69) is 0 Å². The van der Waals surface area contributed by atoms with Gasteiger partial charge in [0, 0.05) is 0 Å². The first-order valence-electron chi connectivity index (χ1n) is 7.26. The molecule has 0 heterocycles. The van der Waals surface area contributed by atoms with Crippen molar-refractivity contribution in [3.63, 3.8) is 0 Å². The fourth-order valence-electron chi connectivity index (χ4n) is 1.85. The zero-order valence-electron chi connectivity index (χ0n) is 13.4. The van der Waals surface area contributed by atoms with E-state index in [0.29, 0.717) is 0 Å². The number of carbonyl (C=O) groups excluding carboxylic acids is 2. The molecule has 1 aromatic rings. The number of carbonyl (C=O) groups is 2. The third-order valence-corrected chi connectivity index (χ3v) is 2.83. The number of benzene rings is 1. The molecule has 1 aromatic carbocycles. The standard InChI is InChI=1S/C17H24O4/c1-11(2)20-16(18)15(17(19)21-12(3)4)10-14-8-6-13(5)7-9-14/h6-9,11-12,15H,10H2,1-5H3. The van der Waals surface area contributed by atoms with Crippen LogP contribution in [0, 0.1) is 12.8 Å². The lowest BCUT2D eigenvalue weighted by Crippen LogP contribution is -2.32. The Labute approximate surface area is 126 Å². The highest BCUT2D eigenvalue weighted by atomic mass is 16.6. The van der Waals surface area contributed by atoms with Crippen molar-refractivity contribution in [3.05, 3.63) is 35.4 Å². The van der Waals surface area contributed by atoms with Gasteiger partial charge < -0.3 is 9.47 Å². The number of ether oxygens (including phenoxy) is 2. The van der Waals surface area contributed by atoms with E-state index >= 15 is 0 Å². The van der Waals surface area contributed by atoms with Gasteiger partial charge in [0.05, 0.1) is 12.2 Å². The lowest BCUT2D eigenvalue weighted by Gasteiger charge is -2.18. The highest BCUT2D eigenvalue weighted by molar-refractivity contribution is 5.95. The number of hydrogen-bond donors (Lipinski definition) is 0. The minimum absolute atomic E-state index is 0.259. The Morgan fingerprint density at radius 3 is 1.71 bits per heavy atom. The van der Waals surface area contributed by atoms with Gasteiger partial charge >= 0.3 is 11.9 Å². The number of esters is 2. The van der Waals surface area contributed by atoms with Gasteiger partial charge in [0.2, 0.25) is 0 Å². The molecule has 0 amide bonds. The van der Waals surface area contributed by atoms with E-state index in [-0.39, 0.29) is 18.6 Å². The number of rotatable bonds is 6. The third-order valence-electron chi connectivity index (χ3n) is 2.83. The van der Waals surface area contributed by atoms with E-state index in [1.165, 1.54) is 0 Å². The van der Waals surface area contributed by atoms with E-state index in [1.807, 2.05) is 31.2 Å². The third kappa shape index (κ3) is 5.98. The molecule has 0 atom stereocenters. The molecule has 0 fully saturated rings. The molecule has 0 unspecified atom stereocenters. The summed E-state index contributed by atoms with van der Waals surface area (Å²) < 4.78 is 10.3. The Kier molecular flexibility index (Phi) is 6.40. The maximum atomic E-state index is 12.1. The van der Waals surface area contributed by atoms with E-state index in [0.717, 1.165) is 11.1 Å². The maximum absolute atomic E-state index is 12.1. The van der Waals surface area contributed by atoms with Crippen LogP contribution in [0.3, 0.4) is 0 Å². The van der Waals surface area contributed by atoms with Crippen molar-refractivity contribution in [2.75, 3.05) is 0 Å². The summed E-state index contributed by atoms with van der Waals surface area (Å²) in [6.45, 7) is 9.02. The molecule has 21 heavy (non-hydrogen) atoms. The molecule has 0 aliphatic carbocycles. The predicted molar refractivity (Wildman–Crippen MR) is 80.8 cm³/mol. The van der Waals surface area contributed by atoms with Crippen molar-refractivity contribution < 1.29 is 19.1 Å². The molecule has 4 heteroatoms. The van der Waals surface area contributed by atoms with Crippen LogP contribution in [0.5, 0.6) is 0 Å². The number of aryl methyl sites for hydroxylation is 1. The second kappa shape index (κ2) is 7.81. The summed E-state index contributed by atoms with van der Waals surface area (Å²) in [7, 11) is 0. The second-order valence-corrected chi connectivity index (χ2v) is 5.71. The van der Waals surface area contributed by atoms with Crippen LogP contribution in [-0.4, -0.2) is 24.1 Å². The summed E-state index contributed by atoms with van der Waals surface area (Å²) >= 11 is 0. The Hall–Kier alpha value is -1.84. The Morgan fingerprint density at radius 1 is 0.905 bits per heavy atom. The zero-order valence-corrected chi connectivity index (χ0v) is 13.4. The molecule has 0 saturated carbocycles. The molecule has 0 N–H and O–H groups in total. The molecule has 0 spiro atoms. The van der Waals surface area contributed by atoms with E-state index in [4.69, 9.17) is 9.47 Å². The molecular formula is C17H24O4. The molecule has 0 aliphatic rings. The lowest BCUT2D eigenvalue weighted by atomic mass is 9.98. The molecule has 0 aliphatic heterocycles. The minimum Gasteiger partial charge on any atom is -0.462 e. The Morgan fingerprint density at radius 2 is 1.33 bits per heavy atom. The predicted octanol–water partition coefficient (Wildman–Crippen LogP) is 3.06. The van der Waals surface area contributed by atoms with Gasteiger partial charge in [-0.25, -0.2) is 0 Å². The summed E-state index contributed by atoms with van der Waals surface area (Å²) in [5, 5.41) is 0. The highest BCUT2D eigenvalue weighted by Gasteiger charge is 2.31. The monoisotopic (exact) mass is 292 g/mol. The van der Waals surface area contributed by atoms with Gasteiger partial charge in [-0.1, -0.05) is 29.8 Å². The van der Waals surface area contributed by atoms with Gasteiger partial charge in [-0.2, -0.15) is 0 Å². The maximum Gasteiger partial charge on any atom is 0.320 e. The lowest BCUT2D eigenvalue weighted by molar-refractivity contribution is -0.166. The quantitative estimate of drug-likeness (QED) is 0.597. The zero-order chi connectivity index (χ0) is 16.0. The summed E-state index contributed by atoms with van der Waals surface area (Å²) in [6, 6.07) is 7.73. The second-order valence-electron chi connectivity index (χ2n) is 5.71. The number of hydrogen-bond acceptors (Lipinski definition) is 4. The van der Waals surface area contributed by atoms with Crippen LogP contribution in [0.4, 0.5) is 0 Å². The van der Waals surface area contributed by atoms with Crippen molar-refractivity contribution >= 4 is 11.9 Å². The molecule has 116 valence electrons. The molecule has 4 nitrogen and oxygen atoms in total. The fourth-order valence-corrected chi connectivity index (χ4v) is 1.85. The van der Waals surface area contributed by atoms with Crippen LogP contribution in [0.25, 0.3) is 0 Å². The highest BCUT2D eigenvalue weighted by Crippen LogP contribution is 2.15. The molecule has 0 saturated heterocycles. The van der Waals surface area contributed by atoms with Gasteiger partial charge in [-0.05, 0) is 46.6 Å². The fraction of sp³-hybridized carbons (Fsp3) is 0.529. The average Bonchev–Trinajstić information content (AvgIpc) is 2.36. The van der Waals surface area contributed by atoms with Crippen LogP contribution >= 0.6 is 0 Å². The summed E-state index contributed by atoms with van der Waals surface area (Å²) in [4.78, 5) is 24.2. The van der Waals surface area contributed by atoms with E-state index in [9.17, 15) is 9.59 Å². The van der Waals surface area contributed by atoms with Crippen molar-refractivity contribution in [1.82, 2.24) is 0 Å². The molecule has 1 rings (SSSR count). The van der Waals surface area contributed by atoms with Crippen molar-refractivity contribution in [1.29, 1.82) is 0 Å². The first-order chi connectivity index (χ1) is 9.79. The van der Waals surface area contributed by atoms with Crippen LogP contribution in [-0.2, 0) is 25.5 Å². The van der Waals surface area contributed by atoms with Crippen LogP contribution < -0.4 is 0 Å². The molecule has 0 bridgehead atoms. The largest absolute Gasteiger partial charge is 0.462 e. The van der Waals surface area contributed by atoms with Crippen molar-refractivity contribution in [3.8, 4) is 0 Å². The first-order valence-corrected chi connectivity index (χ1v) is 7.26. The van der Waals surface area contributed by atoms with Crippen molar-refractivity contribution in [2.45, 2.75) is 53.2 Å². The topological polar surface area (TPSA) is 52.6 Å². The SMILES string of the molecule is Cc1ccc(CC(C(=O)OC(C)C)C(=O)OC(C)C)cc1. The summed E-state index contributed by atoms with van der Waals surface area (Å²) in [6.07, 6.45) is -0.230. The normalized spacial score (nSPS) is 11.0. The minimum atomic E-state index is -0.919. The van der Waals surface area contributed by atoms with Crippen LogP contribution in [0.2, 0.25) is 0 Å². The van der Waals surface area contributed by atoms with Gasteiger partial charge in [0.1, 0.15) is 0 Å². The molecule has 0 aromatic heterocycles. The molecule has 0 radical (unpaired) electrons. The van der Waals surface area contributed by atoms with E-state index in [1.54, 1.807) is 27.7 Å². The summed E-state index contributed by atoms with van der Waals surface area (Å²) in [5.41, 5.74) is 2.04. The first kappa shape index (κ1) is 17.2. The average molecular weight is 292 g/mol. The Balaban J connectivity index is 2.87. The molecular weight excluding hydrogens is 268 g/mol. The van der Waals surface area contributed by atoms with Gasteiger partial charge in [0.15, 0.2) is 5.92 Å². The van der Waals surface area contributed by atoms with Crippen molar-refractivity contribution in [2.24, 2.45) is 5.92 Å². The van der Waals surface area contributed by atoms with Gasteiger partial charge in [-0.15, -0.1) is 0 Å². The van der Waals surface area contributed by atoms with Crippen LogP contribution in [0.15, 0.2) is 24.3 Å². The summed E-state index contributed by atoms with van der Waals surface area (Å²) in [5.74, 6) is -1.98. The Bertz CT molecular complexity index is 452. The van der Waals surface area contributed by atoms with E-state index < -0.39 is 17.9 Å². The smallest absolute Gasteiger partial charge is 0.320 e. The van der Waals surface area contributed by atoms with Crippen LogP contribution in [0.1, 0.15) is 38.8 Å².